The highest BCUT2D eigenvalue weighted by Crippen LogP contribution is 2.29. The number of nitrogens with zero attached hydrogens (tertiary/aromatic N) is 2. The van der Waals surface area contributed by atoms with Gasteiger partial charge in [0, 0.05) is 43.2 Å². The quantitative estimate of drug-likeness (QED) is 0.836. The maximum Gasteiger partial charge on any atom is 0.222 e. The molecule has 3 nitrogen and oxygen atoms in total. The van der Waals surface area contributed by atoms with Crippen LogP contribution in [0.3, 0.4) is 0 Å². The molecular formula is C19H25ClN2O. The summed E-state index contributed by atoms with van der Waals surface area (Å²) in [7, 11) is 0. The lowest BCUT2D eigenvalue weighted by Crippen LogP contribution is -2.62. The molecule has 3 rings (SSSR count). The summed E-state index contributed by atoms with van der Waals surface area (Å²) in [5, 5.41) is 0.772. The Balaban J connectivity index is 1.60. The zero-order valence-corrected chi connectivity index (χ0v) is 14.5. The van der Waals surface area contributed by atoms with Gasteiger partial charge in [0.1, 0.15) is 0 Å². The van der Waals surface area contributed by atoms with E-state index in [1.807, 2.05) is 25.1 Å². The molecule has 0 aromatic heterocycles. The first-order chi connectivity index (χ1) is 11.2. The minimum atomic E-state index is 0.328. The molecule has 2 unspecified atom stereocenters. The second kappa shape index (κ2) is 7.50. The van der Waals surface area contributed by atoms with Crippen molar-refractivity contribution in [3.05, 3.63) is 40.9 Å². The number of amides is 1. The van der Waals surface area contributed by atoms with Crippen LogP contribution >= 0.6 is 11.6 Å². The zero-order chi connectivity index (χ0) is 16.2. The van der Waals surface area contributed by atoms with E-state index >= 15 is 0 Å². The fraction of sp³-hybridized carbons (Fsp3) is 0.526. The average Bonchev–Trinajstić information content (AvgIpc) is 2.53. The van der Waals surface area contributed by atoms with E-state index in [2.05, 4.69) is 28.0 Å². The molecule has 4 heteroatoms. The second-order valence-corrected chi connectivity index (χ2v) is 7.01. The average molecular weight is 333 g/mol. The first-order valence-electron chi connectivity index (χ1n) is 8.63. The number of hydrogen-bond acceptors (Lipinski definition) is 2. The van der Waals surface area contributed by atoms with Crippen LogP contribution in [0.1, 0.15) is 38.2 Å². The van der Waals surface area contributed by atoms with Crippen molar-refractivity contribution in [2.24, 2.45) is 0 Å². The number of fused-ring (bicyclic) bond motifs is 2. The van der Waals surface area contributed by atoms with Crippen molar-refractivity contribution < 1.29 is 4.79 Å². The Kier molecular flexibility index (Phi) is 5.39. The van der Waals surface area contributed by atoms with E-state index in [0.717, 1.165) is 43.1 Å². The Labute approximate surface area is 143 Å². The molecule has 23 heavy (non-hydrogen) atoms. The lowest BCUT2D eigenvalue weighted by atomic mass is 9.91. The normalized spacial score (nSPS) is 25.0. The minimum Gasteiger partial charge on any atom is -0.334 e. The molecule has 2 aliphatic rings. The van der Waals surface area contributed by atoms with Gasteiger partial charge in [-0.15, -0.1) is 0 Å². The van der Waals surface area contributed by atoms with Crippen LogP contribution in [0.4, 0.5) is 0 Å². The molecule has 2 heterocycles. The Hall–Kier alpha value is -1.32. The van der Waals surface area contributed by atoms with Gasteiger partial charge in [0.2, 0.25) is 5.91 Å². The summed E-state index contributed by atoms with van der Waals surface area (Å²) >= 11 is 6.01. The molecule has 0 radical (unpaired) electrons. The van der Waals surface area contributed by atoms with Gasteiger partial charge >= 0.3 is 0 Å². The van der Waals surface area contributed by atoms with Crippen molar-refractivity contribution in [3.8, 4) is 0 Å². The minimum absolute atomic E-state index is 0.328. The number of rotatable bonds is 4. The predicted octanol–water partition coefficient (Wildman–Crippen LogP) is 3.83. The SMILES string of the molecule is CCC(=O)N1C2CCCC1CN(C/C=C/c1cccc(Cl)c1)C2. The summed E-state index contributed by atoms with van der Waals surface area (Å²) in [5.41, 5.74) is 1.14. The van der Waals surface area contributed by atoms with Gasteiger partial charge in [-0.3, -0.25) is 9.69 Å². The Bertz CT molecular complexity index is 572. The van der Waals surface area contributed by atoms with Crippen LogP contribution in [0.5, 0.6) is 0 Å². The standard InChI is InChI=1S/C19H25ClN2O/c1-2-19(23)22-17-9-4-10-18(22)14-21(13-17)11-5-7-15-6-3-8-16(20)12-15/h3,5-8,12,17-18H,2,4,9-11,13-14H2,1H3/b7-5+. The maximum absolute atomic E-state index is 12.2. The van der Waals surface area contributed by atoms with E-state index in [1.54, 1.807) is 0 Å². The highest BCUT2D eigenvalue weighted by molar-refractivity contribution is 6.30. The van der Waals surface area contributed by atoms with Crippen LogP contribution in [0.2, 0.25) is 5.02 Å². The predicted molar refractivity (Wildman–Crippen MR) is 95.5 cm³/mol. The smallest absolute Gasteiger partial charge is 0.222 e. The molecule has 2 atom stereocenters. The van der Waals surface area contributed by atoms with E-state index in [4.69, 9.17) is 11.6 Å². The molecule has 2 saturated heterocycles. The van der Waals surface area contributed by atoms with Crippen LogP contribution in [-0.4, -0.2) is 47.4 Å². The molecule has 0 aliphatic carbocycles. The van der Waals surface area contributed by atoms with Crippen molar-refractivity contribution in [3.63, 3.8) is 0 Å². The van der Waals surface area contributed by atoms with Crippen molar-refractivity contribution >= 4 is 23.6 Å². The highest BCUT2D eigenvalue weighted by Gasteiger charge is 2.38. The zero-order valence-electron chi connectivity index (χ0n) is 13.7. The Morgan fingerprint density at radius 2 is 2.04 bits per heavy atom. The lowest BCUT2D eigenvalue weighted by molar-refractivity contribution is -0.142. The van der Waals surface area contributed by atoms with Gasteiger partial charge in [0.05, 0.1) is 0 Å². The molecule has 1 amide bonds. The summed E-state index contributed by atoms with van der Waals surface area (Å²) < 4.78 is 0. The number of likely N-dealkylation sites (tertiary alicyclic amines) is 1. The van der Waals surface area contributed by atoms with Gasteiger partial charge in [0.25, 0.3) is 0 Å². The van der Waals surface area contributed by atoms with Gasteiger partial charge in [-0.2, -0.15) is 0 Å². The Morgan fingerprint density at radius 3 is 2.70 bits per heavy atom. The van der Waals surface area contributed by atoms with Crippen LogP contribution in [0, 0.1) is 0 Å². The van der Waals surface area contributed by atoms with Crippen LogP contribution < -0.4 is 0 Å². The van der Waals surface area contributed by atoms with Crippen molar-refractivity contribution in [2.75, 3.05) is 19.6 Å². The van der Waals surface area contributed by atoms with Crippen LogP contribution in [0.25, 0.3) is 6.08 Å². The van der Waals surface area contributed by atoms with Gasteiger partial charge in [-0.05, 0) is 37.0 Å². The van der Waals surface area contributed by atoms with Gasteiger partial charge < -0.3 is 4.90 Å². The van der Waals surface area contributed by atoms with Gasteiger partial charge in [0.15, 0.2) is 0 Å². The number of piperazine rings is 1. The maximum atomic E-state index is 12.2. The molecule has 2 fully saturated rings. The third-order valence-corrected chi connectivity index (χ3v) is 5.15. The van der Waals surface area contributed by atoms with Crippen molar-refractivity contribution in [1.82, 2.24) is 9.80 Å². The molecule has 2 bridgehead atoms. The molecule has 2 aliphatic heterocycles. The fourth-order valence-electron chi connectivity index (χ4n) is 3.88. The number of halogens is 1. The molecular weight excluding hydrogens is 308 g/mol. The third-order valence-electron chi connectivity index (χ3n) is 4.91. The van der Waals surface area contributed by atoms with Gasteiger partial charge in [-0.1, -0.05) is 42.8 Å². The Morgan fingerprint density at radius 1 is 1.30 bits per heavy atom. The number of hydrogen-bond donors (Lipinski definition) is 0. The van der Waals surface area contributed by atoms with Crippen molar-refractivity contribution in [2.45, 2.75) is 44.7 Å². The monoisotopic (exact) mass is 332 g/mol. The van der Waals surface area contributed by atoms with E-state index in [-0.39, 0.29) is 0 Å². The summed E-state index contributed by atoms with van der Waals surface area (Å²) in [5.74, 6) is 0.328. The molecule has 0 saturated carbocycles. The summed E-state index contributed by atoms with van der Waals surface area (Å²) in [6, 6.07) is 8.73. The third kappa shape index (κ3) is 3.96. The molecule has 1 aromatic carbocycles. The number of carbonyl (C=O) groups excluding carboxylic acids is 1. The van der Waals surface area contributed by atoms with E-state index in [1.165, 1.54) is 6.42 Å². The van der Waals surface area contributed by atoms with Crippen LogP contribution in [-0.2, 0) is 4.79 Å². The molecule has 124 valence electrons. The molecule has 1 aromatic rings. The van der Waals surface area contributed by atoms with Crippen LogP contribution in [0.15, 0.2) is 30.3 Å². The van der Waals surface area contributed by atoms with Gasteiger partial charge in [-0.25, -0.2) is 0 Å². The second-order valence-electron chi connectivity index (χ2n) is 6.57. The summed E-state index contributed by atoms with van der Waals surface area (Å²) in [6.07, 6.45) is 8.52. The summed E-state index contributed by atoms with van der Waals surface area (Å²) in [6.45, 7) is 4.91. The van der Waals surface area contributed by atoms with E-state index in [0.29, 0.717) is 24.4 Å². The highest BCUT2D eigenvalue weighted by atomic mass is 35.5. The lowest BCUT2D eigenvalue weighted by Gasteiger charge is -2.50. The number of piperidine rings is 1. The topological polar surface area (TPSA) is 23.6 Å². The van der Waals surface area contributed by atoms with Crippen molar-refractivity contribution in [1.29, 1.82) is 0 Å². The fourth-order valence-corrected chi connectivity index (χ4v) is 4.08. The number of benzene rings is 1. The number of carbonyl (C=O) groups is 1. The van der Waals surface area contributed by atoms with E-state index in [9.17, 15) is 4.79 Å². The molecule has 0 spiro atoms. The summed E-state index contributed by atoms with van der Waals surface area (Å²) in [4.78, 5) is 16.9. The largest absolute Gasteiger partial charge is 0.334 e. The first-order valence-corrected chi connectivity index (χ1v) is 9.01. The molecule has 0 N–H and O–H groups in total. The van der Waals surface area contributed by atoms with E-state index < -0.39 is 0 Å². The first kappa shape index (κ1) is 16.5.